The minimum Gasteiger partial charge on any atom is -0.481 e. The lowest BCUT2D eigenvalue weighted by Crippen LogP contribution is -2.54. The van der Waals surface area contributed by atoms with E-state index in [1.165, 1.54) is 25.4 Å². The van der Waals surface area contributed by atoms with Gasteiger partial charge < -0.3 is 10.1 Å². The number of amides is 1. The van der Waals surface area contributed by atoms with E-state index in [1.54, 1.807) is 32.0 Å². The Labute approximate surface area is 194 Å². The highest BCUT2D eigenvalue weighted by Crippen LogP contribution is 2.45. The molecule has 2 atom stereocenters. The quantitative estimate of drug-likeness (QED) is 0.379. The molecule has 184 valence electrons. The third-order valence-electron chi connectivity index (χ3n) is 5.00. The smallest absolute Gasteiger partial charge is 0.455 e. The van der Waals surface area contributed by atoms with Crippen molar-refractivity contribution < 1.29 is 31.5 Å². The first-order valence-electron chi connectivity index (χ1n) is 10.4. The molecule has 0 aliphatic carbocycles. The number of rotatable bonds is 10. The molecule has 1 amide bonds. The predicted octanol–water partition coefficient (Wildman–Crippen LogP) is 4.64. The topological polar surface area (TPSA) is 87.0 Å². The molecule has 1 aromatic heterocycles. The first-order valence-corrected chi connectivity index (χ1v) is 10.4. The van der Waals surface area contributed by atoms with E-state index in [0.29, 0.717) is 17.0 Å². The van der Waals surface area contributed by atoms with Crippen LogP contribution in [-0.2, 0) is 4.79 Å². The molecule has 6 nitrogen and oxygen atoms in total. The Morgan fingerprint density at radius 3 is 2.18 bits per heavy atom. The fourth-order valence-corrected chi connectivity index (χ4v) is 3.29. The summed E-state index contributed by atoms with van der Waals surface area (Å²) < 4.78 is 74.2. The van der Waals surface area contributed by atoms with Gasteiger partial charge in [-0.05, 0) is 29.5 Å². The number of pyridine rings is 1. The van der Waals surface area contributed by atoms with Crippen molar-refractivity contribution in [1.82, 2.24) is 15.6 Å². The fraction of sp³-hybridized carbons (Fsp3) is 0.435. The van der Waals surface area contributed by atoms with Gasteiger partial charge in [-0.3, -0.25) is 10.1 Å². The maximum absolute atomic E-state index is 14.6. The Bertz CT molecular complexity index is 986. The van der Waals surface area contributed by atoms with Crippen molar-refractivity contribution in [1.29, 1.82) is 5.26 Å². The van der Waals surface area contributed by atoms with Crippen LogP contribution in [0.4, 0.5) is 22.0 Å². The van der Waals surface area contributed by atoms with Crippen molar-refractivity contribution in [3.05, 3.63) is 48.2 Å². The summed E-state index contributed by atoms with van der Waals surface area (Å²) in [6.07, 6.45) is -4.40. The maximum Gasteiger partial charge on any atom is 0.455 e. The lowest BCUT2D eigenvalue weighted by Gasteiger charge is -2.33. The zero-order valence-electron chi connectivity index (χ0n) is 18.8. The molecule has 34 heavy (non-hydrogen) atoms. The van der Waals surface area contributed by atoms with E-state index < -0.39 is 36.6 Å². The number of nitriles is 1. The maximum atomic E-state index is 14.6. The van der Waals surface area contributed by atoms with Crippen LogP contribution in [0.3, 0.4) is 0 Å². The molecule has 0 aliphatic rings. The highest BCUT2D eigenvalue weighted by molar-refractivity contribution is 5.82. The number of halogens is 5. The summed E-state index contributed by atoms with van der Waals surface area (Å²) in [6.45, 7) is 2.99. The number of aromatic nitrogens is 1. The van der Waals surface area contributed by atoms with Gasteiger partial charge in [0, 0.05) is 17.8 Å². The monoisotopic (exact) mass is 484 g/mol. The third kappa shape index (κ3) is 6.63. The van der Waals surface area contributed by atoms with Gasteiger partial charge >= 0.3 is 12.1 Å². The largest absolute Gasteiger partial charge is 0.481 e. The van der Waals surface area contributed by atoms with Crippen LogP contribution in [0.2, 0.25) is 0 Å². The average molecular weight is 484 g/mol. The number of nitrogens with zero attached hydrogens (tertiary/aromatic N) is 2. The van der Waals surface area contributed by atoms with E-state index in [1.807, 2.05) is 0 Å². The second-order valence-corrected chi connectivity index (χ2v) is 7.99. The van der Waals surface area contributed by atoms with Gasteiger partial charge in [0.1, 0.15) is 12.6 Å². The molecular formula is C23H25F5N4O2. The molecule has 1 aromatic carbocycles. The van der Waals surface area contributed by atoms with Gasteiger partial charge in [-0.1, -0.05) is 38.1 Å². The minimum absolute atomic E-state index is 0.0166. The van der Waals surface area contributed by atoms with Gasteiger partial charge in [0.25, 0.3) is 0 Å². The molecule has 2 rings (SSSR count). The molecule has 0 bridgehead atoms. The first kappa shape index (κ1) is 27.0. The van der Waals surface area contributed by atoms with Crippen molar-refractivity contribution in [3.8, 4) is 23.1 Å². The van der Waals surface area contributed by atoms with Crippen molar-refractivity contribution >= 4 is 5.91 Å². The molecule has 0 fully saturated rings. The summed E-state index contributed by atoms with van der Waals surface area (Å²) in [4.78, 5) is 16.4. The number of hydrogen-bond acceptors (Lipinski definition) is 5. The molecule has 1 heterocycles. The van der Waals surface area contributed by atoms with Gasteiger partial charge in [0.15, 0.2) is 0 Å². The summed E-state index contributed by atoms with van der Waals surface area (Å²) in [5.41, 5.74) is 0.792. The normalized spacial score (nSPS) is 13.8. The molecule has 2 aromatic rings. The Balaban J connectivity index is 2.43. The van der Waals surface area contributed by atoms with Crippen LogP contribution in [0.5, 0.6) is 5.88 Å². The van der Waals surface area contributed by atoms with Crippen LogP contribution in [0.1, 0.15) is 31.9 Å². The van der Waals surface area contributed by atoms with Crippen molar-refractivity contribution in [2.75, 3.05) is 13.7 Å². The lowest BCUT2D eigenvalue weighted by molar-refractivity contribution is -0.295. The zero-order chi connectivity index (χ0) is 25.5. The summed E-state index contributed by atoms with van der Waals surface area (Å²) in [7, 11) is 1.44. The molecule has 11 heteroatoms. The van der Waals surface area contributed by atoms with Crippen LogP contribution >= 0.6 is 0 Å². The molecule has 0 spiro atoms. The van der Waals surface area contributed by atoms with Crippen molar-refractivity contribution in [2.24, 2.45) is 5.92 Å². The number of alkyl halides is 5. The molecule has 0 saturated heterocycles. The highest BCUT2D eigenvalue weighted by atomic mass is 19.4. The minimum atomic E-state index is -5.87. The molecule has 0 aliphatic heterocycles. The fourth-order valence-electron chi connectivity index (χ4n) is 3.29. The van der Waals surface area contributed by atoms with Gasteiger partial charge in [0.2, 0.25) is 11.8 Å². The van der Waals surface area contributed by atoms with Gasteiger partial charge in [-0.15, -0.1) is 0 Å². The Kier molecular flexibility index (Phi) is 8.93. The molecule has 0 radical (unpaired) electrons. The molecule has 0 unspecified atom stereocenters. The number of nitrogens with one attached hydrogen (secondary N) is 2. The van der Waals surface area contributed by atoms with Crippen LogP contribution in [-0.4, -0.2) is 42.7 Å². The van der Waals surface area contributed by atoms with E-state index in [4.69, 9.17) is 10.00 Å². The van der Waals surface area contributed by atoms with Crippen LogP contribution < -0.4 is 15.4 Å². The zero-order valence-corrected chi connectivity index (χ0v) is 18.8. The SMILES string of the molecule is COc1ccc(-c2ccc([C@H](N[C@@H](CC(C)C)C(=O)NCC#N)C(F)(F)C(F)(F)F)cc2)cn1. The summed E-state index contributed by atoms with van der Waals surface area (Å²) in [5, 5.41) is 13.1. The van der Waals surface area contributed by atoms with Crippen LogP contribution in [0, 0.1) is 17.2 Å². The number of carbonyl (C=O) groups excluding carboxylic acids is 1. The molecule has 2 N–H and O–H groups in total. The van der Waals surface area contributed by atoms with Crippen molar-refractivity contribution in [3.63, 3.8) is 0 Å². The van der Waals surface area contributed by atoms with Crippen LogP contribution in [0.25, 0.3) is 11.1 Å². The van der Waals surface area contributed by atoms with E-state index in [0.717, 1.165) is 12.1 Å². The van der Waals surface area contributed by atoms with E-state index >= 15 is 0 Å². The summed E-state index contributed by atoms with van der Waals surface area (Å²) in [5.74, 6) is -5.85. The second kappa shape index (κ2) is 11.2. The summed E-state index contributed by atoms with van der Waals surface area (Å²) in [6, 6.07) is 6.10. The third-order valence-corrected chi connectivity index (χ3v) is 5.00. The van der Waals surface area contributed by atoms with E-state index in [9.17, 15) is 26.7 Å². The highest BCUT2D eigenvalue weighted by Gasteiger charge is 2.63. The van der Waals surface area contributed by atoms with Crippen molar-refractivity contribution in [2.45, 2.75) is 44.5 Å². The molecular weight excluding hydrogens is 459 g/mol. The standard InChI is InChI=1S/C23H25F5N4O2/c1-14(2)12-18(21(33)30-11-10-29)32-20(22(24,25)23(26,27)28)16-6-4-15(5-7-16)17-8-9-19(34-3)31-13-17/h4-9,13-14,18,20,32H,11-12H2,1-3H3,(H,30,33)/t18-,20-/m0/s1. The Morgan fingerprint density at radius 1 is 1.09 bits per heavy atom. The van der Waals surface area contributed by atoms with Crippen LogP contribution in [0.15, 0.2) is 42.6 Å². The van der Waals surface area contributed by atoms with Gasteiger partial charge in [-0.2, -0.15) is 27.2 Å². The average Bonchev–Trinajstić information content (AvgIpc) is 2.79. The predicted molar refractivity (Wildman–Crippen MR) is 115 cm³/mol. The molecule has 0 saturated carbocycles. The lowest BCUT2D eigenvalue weighted by atomic mass is 9.94. The van der Waals surface area contributed by atoms with E-state index in [2.05, 4.69) is 15.6 Å². The number of benzene rings is 1. The van der Waals surface area contributed by atoms with Gasteiger partial charge in [-0.25, -0.2) is 4.98 Å². The number of methoxy groups -OCH3 is 1. The summed E-state index contributed by atoms with van der Waals surface area (Å²) >= 11 is 0. The number of carbonyl (C=O) groups is 1. The first-order chi connectivity index (χ1) is 15.9. The Morgan fingerprint density at radius 2 is 1.71 bits per heavy atom. The number of ether oxygens (including phenoxy) is 1. The van der Waals surface area contributed by atoms with E-state index in [-0.39, 0.29) is 17.9 Å². The Hall–Kier alpha value is -3.26. The second-order valence-electron chi connectivity index (χ2n) is 7.99. The van der Waals surface area contributed by atoms with Gasteiger partial charge in [0.05, 0.1) is 19.2 Å². The number of hydrogen-bond donors (Lipinski definition) is 2.